The Morgan fingerprint density at radius 1 is 0.880 bits per heavy atom. The predicted molar refractivity (Wildman–Crippen MR) is 93.8 cm³/mol. The van der Waals surface area contributed by atoms with Gasteiger partial charge < -0.3 is 16.0 Å². The van der Waals surface area contributed by atoms with Gasteiger partial charge in [0, 0.05) is 18.3 Å². The molecule has 7 heteroatoms. The smallest absolute Gasteiger partial charge is 0.233 e. The Bertz CT molecular complexity index is 838. The van der Waals surface area contributed by atoms with E-state index in [4.69, 9.17) is 5.26 Å². The molecule has 0 bridgehead atoms. The van der Waals surface area contributed by atoms with E-state index >= 15 is 0 Å². The van der Waals surface area contributed by atoms with Crippen LogP contribution < -0.4 is 16.0 Å². The third kappa shape index (κ3) is 5.48. The topological polar surface area (TPSA) is 111 Å². The Hall–Kier alpha value is -3.66. The summed E-state index contributed by atoms with van der Waals surface area (Å²) in [5.74, 6) is -1.19. The number of amides is 3. The number of hydrogen-bond donors (Lipinski definition) is 3. The molecule has 25 heavy (non-hydrogen) atoms. The van der Waals surface area contributed by atoms with Crippen LogP contribution in [0.3, 0.4) is 0 Å². The molecule has 0 aliphatic heterocycles. The van der Waals surface area contributed by atoms with Gasteiger partial charge in [0.2, 0.25) is 17.7 Å². The number of rotatable bonds is 5. The Balaban J connectivity index is 1.90. The molecule has 0 heterocycles. The average Bonchev–Trinajstić information content (AvgIpc) is 2.56. The molecule has 0 spiro atoms. The van der Waals surface area contributed by atoms with Gasteiger partial charge in [-0.3, -0.25) is 14.4 Å². The quantitative estimate of drug-likeness (QED) is 0.728. The fourth-order valence-electron chi connectivity index (χ4n) is 2.08. The van der Waals surface area contributed by atoms with E-state index in [1.165, 1.54) is 6.92 Å². The highest BCUT2D eigenvalue weighted by atomic mass is 16.2. The van der Waals surface area contributed by atoms with Gasteiger partial charge in [0.1, 0.15) is 12.5 Å². The Labute approximate surface area is 144 Å². The van der Waals surface area contributed by atoms with E-state index < -0.39 is 11.8 Å². The van der Waals surface area contributed by atoms with E-state index in [1.54, 1.807) is 48.5 Å². The number of carbonyl (C=O) groups excluding carboxylic acids is 3. The van der Waals surface area contributed by atoms with Crippen molar-refractivity contribution in [2.75, 3.05) is 16.0 Å². The van der Waals surface area contributed by atoms with E-state index in [1.807, 2.05) is 6.07 Å². The van der Waals surface area contributed by atoms with E-state index in [-0.39, 0.29) is 12.3 Å². The number of para-hydroxylation sites is 1. The lowest BCUT2D eigenvalue weighted by Crippen LogP contribution is -2.21. The van der Waals surface area contributed by atoms with Crippen molar-refractivity contribution in [1.29, 1.82) is 5.26 Å². The van der Waals surface area contributed by atoms with Crippen molar-refractivity contribution in [3.8, 4) is 6.07 Å². The SMILES string of the molecule is CC(=O)Nc1ccc(NC(=O)CC(=O)Nc2ccccc2C#N)cc1. The first-order valence-corrected chi connectivity index (χ1v) is 7.44. The zero-order chi connectivity index (χ0) is 18.2. The molecule has 126 valence electrons. The summed E-state index contributed by atoms with van der Waals surface area (Å²) >= 11 is 0. The number of anilines is 3. The molecule has 0 aromatic heterocycles. The molecule has 7 nitrogen and oxygen atoms in total. The summed E-state index contributed by atoms with van der Waals surface area (Å²) in [5.41, 5.74) is 1.80. The maximum atomic E-state index is 11.9. The largest absolute Gasteiger partial charge is 0.326 e. The van der Waals surface area contributed by atoms with Crippen LogP contribution in [0.5, 0.6) is 0 Å². The third-order valence-electron chi connectivity index (χ3n) is 3.13. The lowest BCUT2D eigenvalue weighted by molar-refractivity contribution is -0.123. The first kappa shape index (κ1) is 17.7. The second kappa shape index (κ2) is 8.26. The van der Waals surface area contributed by atoms with Crippen LogP contribution in [0.4, 0.5) is 17.1 Å². The molecule has 0 radical (unpaired) electrons. The normalized spacial score (nSPS) is 9.60. The second-order valence-corrected chi connectivity index (χ2v) is 5.19. The van der Waals surface area contributed by atoms with Crippen LogP contribution in [-0.2, 0) is 14.4 Å². The predicted octanol–water partition coefficient (Wildman–Crippen LogP) is 2.48. The molecule has 2 aromatic carbocycles. The monoisotopic (exact) mass is 336 g/mol. The Kier molecular flexibility index (Phi) is 5.85. The first-order chi connectivity index (χ1) is 12.0. The van der Waals surface area contributed by atoms with E-state index in [0.29, 0.717) is 22.6 Å². The lowest BCUT2D eigenvalue weighted by atomic mass is 10.2. The summed E-state index contributed by atoms with van der Waals surface area (Å²) in [6.45, 7) is 1.40. The Morgan fingerprint density at radius 2 is 1.44 bits per heavy atom. The molecular weight excluding hydrogens is 320 g/mol. The Morgan fingerprint density at radius 3 is 2.04 bits per heavy atom. The van der Waals surface area contributed by atoms with Crippen LogP contribution >= 0.6 is 0 Å². The number of nitrogens with zero attached hydrogens (tertiary/aromatic N) is 1. The van der Waals surface area contributed by atoms with Crippen molar-refractivity contribution in [1.82, 2.24) is 0 Å². The molecule has 0 fully saturated rings. The van der Waals surface area contributed by atoms with Gasteiger partial charge in [-0.15, -0.1) is 0 Å². The zero-order valence-corrected chi connectivity index (χ0v) is 13.5. The summed E-state index contributed by atoms with van der Waals surface area (Å²) in [7, 11) is 0. The molecule has 0 saturated heterocycles. The van der Waals surface area contributed by atoms with Crippen molar-refractivity contribution in [3.05, 3.63) is 54.1 Å². The van der Waals surface area contributed by atoms with Gasteiger partial charge in [0.05, 0.1) is 11.3 Å². The van der Waals surface area contributed by atoms with Crippen molar-refractivity contribution in [2.24, 2.45) is 0 Å². The number of nitrogens with one attached hydrogen (secondary N) is 3. The average molecular weight is 336 g/mol. The lowest BCUT2D eigenvalue weighted by Gasteiger charge is -2.08. The molecule has 0 aliphatic carbocycles. The number of nitriles is 1. The highest BCUT2D eigenvalue weighted by molar-refractivity contribution is 6.08. The van der Waals surface area contributed by atoms with Crippen LogP contribution in [0.25, 0.3) is 0 Å². The van der Waals surface area contributed by atoms with Crippen LogP contribution in [0.2, 0.25) is 0 Å². The van der Waals surface area contributed by atoms with Gasteiger partial charge in [-0.1, -0.05) is 12.1 Å². The van der Waals surface area contributed by atoms with Crippen LogP contribution in [-0.4, -0.2) is 17.7 Å². The maximum Gasteiger partial charge on any atom is 0.233 e. The van der Waals surface area contributed by atoms with Crippen molar-refractivity contribution >= 4 is 34.8 Å². The molecule has 3 amide bonds. The van der Waals surface area contributed by atoms with Gasteiger partial charge in [-0.25, -0.2) is 0 Å². The summed E-state index contributed by atoms with van der Waals surface area (Å²) in [4.78, 5) is 34.8. The van der Waals surface area contributed by atoms with Crippen LogP contribution in [0, 0.1) is 11.3 Å². The minimum Gasteiger partial charge on any atom is -0.326 e. The number of carbonyl (C=O) groups is 3. The molecule has 0 atom stereocenters. The van der Waals surface area contributed by atoms with Crippen molar-refractivity contribution in [3.63, 3.8) is 0 Å². The summed E-state index contributed by atoms with van der Waals surface area (Å²) < 4.78 is 0. The number of benzene rings is 2. The summed E-state index contributed by atoms with van der Waals surface area (Å²) in [6, 6.07) is 15.0. The molecular formula is C18H16N4O3. The van der Waals surface area contributed by atoms with Gasteiger partial charge in [-0.2, -0.15) is 5.26 Å². The van der Waals surface area contributed by atoms with Gasteiger partial charge >= 0.3 is 0 Å². The van der Waals surface area contributed by atoms with E-state index in [0.717, 1.165) is 0 Å². The fraction of sp³-hybridized carbons (Fsp3) is 0.111. The molecule has 3 N–H and O–H groups in total. The van der Waals surface area contributed by atoms with Gasteiger partial charge in [-0.05, 0) is 36.4 Å². The molecule has 2 rings (SSSR count). The standard InChI is InChI=1S/C18H16N4O3/c1-12(23)20-14-6-8-15(9-7-14)21-17(24)10-18(25)22-16-5-3-2-4-13(16)11-19/h2-9H,10H2,1H3,(H,20,23)(H,21,24)(H,22,25). The molecule has 2 aromatic rings. The van der Waals surface area contributed by atoms with Crippen LogP contribution in [0.15, 0.2) is 48.5 Å². The molecule has 0 aliphatic rings. The van der Waals surface area contributed by atoms with Crippen LogP contribution in [0.1, 0.15) is 18.9 Å². The fourth-order valence-corrected chi connectivity index (χ4v) is 2.08. The third-order valence-corrected chi connectivity index (χ3v) is 3.13. The minimum absolute atomic E-state index is 0.189. The highest BCUT2D eigenvalue weighted by Crippen LogP contribution is 2.15. The van der Waals surface area contributed by atoms with Gasteiger partial charge in [0.15, 0.2) is 0 Å². The first-order valence-electron chi connectivity index (χ1n) is 7.44. The van der Waals surface area contributed by atoms with Crippen molar-refractivity contribution < 1.29 is 14.4 Å². The second-order valence-electron chi connectivity index (χ2n) is 5.19. The van der Waals surface area contributed by atoms with Crippen molar-refractivity contribution in [2.45, 2.75) is 13.3 Å². The van der Waals surface area contributed by atoms with E-state index in [9.17, 15) is 14.4 Å². The highest BCUT2D eigenvalue weighted by Gasteiger charge is 2.11. The molecule has 0 unspecified atom stereocenters. The summed E-state index contributed by atoms with van der Waals surface area (Å²) in [5, 5.41) is 16.7. The van der Waals surface area contributed by atoms with Gasteiger partial charge in [0.25, 0.3) is 0 Å². The zero-order valence-electron chi connectivity index (χ0n) is 13.5. The number of hydrogen-bond acceptors (Lipinski definition) is 4. The maximum absolute atomic E-state index is 11.9. The minimum atomic E-state index is -0.518. The summed E-state index contributed by atoms with van der Waals surface area (Å²) in [6.07, 6.45) is -0.382. The molecule has 0 saturated carbocycles. The van der Waals surface area contributed by atoms with E-state index in [2.05, 4.69) is 16.0 Å².